The molecule has 0 N–H and O–H groups in total. The van der Waals surface area contributed by atoms with E-state index in [1.54, 1.807) is 0 Å². The van der Waals surface area contributed by atoms with Gasteiger partial charge in [0.05, 0.1) is 13.2 Å². The molecular formula is C18H30N4O2. The number of aromatic nitrogens is 2. The van der Waals surface area contributed by atoms with E-state index in [4.69, 9.17) is 4.74 Å². The predicted octanol–water partition coefficient (Wildman–Crippen LogP) is 1.54. The SMILES string of the molecule is Cc1nccn1CCCN1CCC(CC(=O)N2CCOCC2)CC1. The molecule has 0 radical (unpaired) electrons. The molecule has 2 fully saturated rings. The predicted molar refractivity (Wildman–Crippen MR) is 92.8 cm³/mol. The Morgan fingerprint density at radius 1 is 1.21 bits per heavy atom. The third-order valence-corrected chi connectivity index (χ3v) is 5.33. The number of piperidine rings is 1. The lowest BCUT2D eigenvalue weighted by Gasteiger charge is -2.33. The molecule has 24 heavy (non-hydrogen) atoms. The molecule has 0 unspecified atom stereocenters. The fraction of sp³-hybridized carbons (Fsp3) is 0.778. The van der Waals surface area contributed by atoms with Crippen molar-refractivity contribution in [1.29, 1.82) is 0 Å². The first kappa shape index (κ1) is 17.4. The summed E-state index contributed by atoms with van der Waals surface area (Å²) in [5.74, 6) is 1.98. The summed E-state index contributed by atoms with van der Waals surface area (Å²) in [7, 11) is 0. The minimum atomic E-state index is 0.326. The second kappa shape index (κ2) is 8.62. The number of imidazole rings is 1. The van der Waals surface area contributed by atoms with Gasteiger partial charge in [0, 0.05) is 38.4 Å². The zero-order chi connectivity index (χ0) is 16.8. The molecule has 134 valence electrons. The first-order valence-electron chi connectivity index (χ1n) is 9.28. The fourth-order valence-electron chi connectivity index (χ4n) is 3.71. The Kier molecular flexibility index (Phi) is 6.26. The van der Waals surface area contributed by atoms with Gasteiger partial charge in [-0.25, -0.2) is 4.98 Å². The first-order chi connectivity index (χ1) is 11.7. The second-order valence-corrected chi connectivity index (χ2v) is 7.00. The van der Waals surface area contributed by atoms with Gasteiger partial charge in [-0.15, -0.1) is 0 Å². The molecule has 1 amide bonds. The molecule has 0 spiro atoms. The Morgan fingerprint density at radius 2 is 1.96 bits per heavy atom. The molecular weight excluding hydrogens is 304 g/mol. The lowest BCUT2D eigenvalue weighted by Crippen LogP contribution is -2.42. The van der Waals surface area contributed by atoms with Crippen molar-refractivity contribution in [3.8, 4) is 0 Å². The van der Waals surface area contributed by atoms with Crippen LogP contribution in [0, 0.1) is 12.8 Å². The highest BCUT2D eigenvalue weighted by molar-refractivity contribution is 5.76. The zero-order valence-electron chi connectivity index (χ0n) is 14.8. The average Bonchev–Trinajstić information content (AvgIpc) is 3.02. The number of ether oxygens (including phenoxy) is 1. The van der Waals surface area contributed by atoms with Crippen molar-refractivity contribution >= 4 is 5.91 Å². The van der Waals surface area contributed by atoms with Crippen LogP contribution in [0.4, 0.5) is 0 Å². The fourth-order valence-corrected chi connectivity index (χ4v) is 3.71. The van der Waals surface area contributed by atoms with Crippen LogP contribution in [-0.2, 0) is 16.1 Å². The van der Waals surface area contributed by atoms with Crippen LogP contribution >= 0.6 is 0 Å². The van der Waals surface area contributed by atoms with Crippen LogP contribution in [-0.4, -0.2) is 71.2 Å². The molecule has 0 saturated carbocycles. The van der Waals surface area contributed by atoms with E-state index in [9.17, 15) is 4.79 Å². The van der Waals surface area contributed by atoms with Crippen LogP contribution in [0.3, 0.4) is 0 Å². The maximum Gasteiger partial charge on any atom is 0.223 e. The Bertz CT molecular complexity index is 517. The van der Waals surface area contributed by atoms with Crippen LogP contribution < -0.4 is 0 Å². The molecule has 0 bridgehead atoms. The summed E-state index contributed by atoms with van der Waals surface area (Å²) in [6.07, 6.45) is 8.11. The van der Waals surface area contributed by atoms with E-state index >= 15 is 0 Å². The molecule has 0 aliphatic carbocycles. The summed E-state index contributed by atoms with van der Waals surface area (Å²) in [6, 6.07) is 0. The van der Waals surface area contributed by atoms with Crippen LogP contribution in [0.1, 0.15) is 31.5 Å². The Morgan fingerprint density at radius 3 is 2.62 bits per heavy atom. The summed E-state index contributed by atoms with van der Waals surface area (Å²) in [5, 5.41) is 0. The smallest absolute Gasteiger partial charge is 0.223 e. The number of rotatable bonds is 6. The molecule has 2 saturated heterocycles. The average molecular weight is 334 g/mol. The molecule has 0 atom stereocenters. The summed E-state index contributed by atoms with van der Waals surface area (Å²) < 4.78 is 7.54. The number of carbonyl (C=O) groups excluding carboxylic acids is 1. The van der Waals surface area contributed by atoms with Gasteiger partial charge >= 0.3 is 0 Å². The Hall–Kier alpha value is -1.40. The van der Waals surface area contributed by atoms with Crippen LogP contribution in [0.25, 0.3) is 0 Å². The Balaban J connectivity index is 1.32. The third kappa shape index (κ3) is 4.80. The van der Waals surface area contributed by atoms with Crippen molar-refractivity contribution in [2.75, 3.05) is 45.9 Å². The van der Waals surface area contributed by atoms with Gasteiger partial charge in [0.2, 0.25) is 5.91 Å². The van der Waals surface area contributed by atoms with Crippen LogP contribution in [0.5, 0.6) is 0 Å². The van der Waals surface area contributed by atoms with Gasteiger partial charge in [0.1, 0.15) is 5.82 Å². The zero-order valence-corrected chi connectivity index (χ0v) is 14.8. The summed E-state index contributed by atoms with van der Waals surface area (Å²) in [4.78, 5) is 21.1. The highest BCUT2D eigenvalue weighted by atomic mass is 16.5. The summed E-state index contributed by atoms with van der Waals surface area (Å²) in [5.41, 5.74) is 0. The van der Waals surface area contributed by atoms with Crippen LogP contribution in [0.2, 0.25) is 0 Å². The van der Waals surface area contributed by atoms with E-state index < -0.39 is 0 Å². The molecule has 1 aromatic rings. The van der Waals surface area contributed by atoms with Gasteiger partial charge < -0.3 is 19.1 Å². The quantitative estimate of drug-likeness (QED) is 0.792. The van der Waals surface area contributed by atoms with Gasteiger partial charge in [-0.1, -0.05) is 0 Å². The number of nitrogens with zero attached hydrogens (tertiary/aromatic N) is 4. The molecule has 0 aromatic carbocycles. The van der Waals surface area contributed by atoms with Crippen molar-refractivity contribution in [2.45, 2.75) is 39.2 Å². The maximum atomic E-state index is 12.3. The standard InChI is InChI=1S/C18H30N4O2/c1-16-19-5-10-21(16)7-2-6-20-8-3-17(4-9-20)15-18(23)22-11-13-24-14-12-22/h5,10,17H,2-4,6-9,11-15H2,1H3. The molecule has 6 nitrogen and oxygen atoms in total. The van der Waals surface area contributed by atoms with Crippen molar-refractivity contribution in [1.82, 2.24) is 19.4 Å². The lowest BCUT2D eigenvalue weighted by atomic mass is 9.93. The number of aryl methyl sites for hydroxylation is 2. The number of carbonyl (C=O) groups is 1. The second-order valence-electron chi connectivity index (χ2n) is 7.00. The number of hydrogen-bond donors (Lipinski definition) is 0. The Labute approximate surface area is 144 Å². The van der Waals surface area contributed by atoms with E-state index in [0.29, 0.717) is 25.0 Å². The van der Waals surface area contributed by atoms with E-state index in [1.165, 1.54) is 0 Å². The minimum absolute atomic E-state index is 0.326. The molecule has 3 heterocycles. The molecule has 6 heteroatoms. The largest absolute Gasteiger partial charge is 0.378 e. The summed E-state index contributed by atoms with van der Waals surface area (Å²) in [6.45, 7) is 9.42. The van der Waals surface area contributed by atoms with Crippen molar-refractivity contribution < 1.29 is 9.53 Å². The minimum Gasteiger partial charge on any atom is -0.378 e. The van der Waals surface area contributed by atoms with Gasteiger partial charge in [0.15, 0.2) is 0 Å². The van der Waals surface area contributed by atoms with Crippen molar-refractivity contribution in [2.24, 2.45) is 5.92 Å². The van der Waals surface area contributed by atoms with Gasteiger partial charge in [-0.05, 0) is 51.7 Å². The van der Waals surface area contributed by atoms with E-state index in [2.05, 4.69) is 27.6 Å². The molecule has 1 aromatic heterocycles. The highest BCUT2D eigenvalue weighted by Gasteiger charge is 2.24. The van der Waals surface area contributed by atoms with E-state index in [-0.39, 0.29) is 0 Å². The molecule has 3 rings (SSSR count). The van der Waals surface area contributed by atoms with Crippen molar-refractivity contribution in [3.05, 3.63) is 18.2 Å². The van der Waals surface area contributed by atoms with Gasteiger partial charge in [-0.2, -0.15) is 0 Å². The highest BCUT2D eigenvalue weighted by Crippen LogP contribution is 2.22. The first-order valence-corrected chi connectivity index (χ1v) is 9.28. The number of amides is 1. The lowest BCUT2D eigenvalue weighted by molar-refractivity contribution is -0.136. The topological polar surface area (TPSA) is 50.6 Å². The third-order valence-electron chi connectivity index (χ3n) is 5.33. The van der Waals surface area contributed by atoms with E-state index in [1.807, 2.05) is 11.1 Å². The molecule has 2 aliphatic rings. The number of morpholine rings is 1. The number of likely N-dealkylation sites (tertiary alicyclic amines) is 1. The van der Waals surface area contributed by atoms with Gasteiger partial charge in [0.25, 0.3) is 0 Å². The monoisotopic (exact) mass is 334 g/mol. The maximum absolute atomic E-state index is 12.3. The van der Waals surface area contributed by atoms with Crippen molar-refractivity contribution in [3.63, 3.8) is 0 Å². The normalized spacial score (nSPS) is 20.5. The van der Waals surface area contributed by atoms with E-state index in [0.717, 1.165) is 70.8 Å². The number of hydrogen-bond acceptors (Lipinski definition) is 4. The van der Waals surface area contributed by atoms with Crippen LogP contribution in [0.15, 0.2) is 12.4 Å². The van der Waals surface area contributed by atoms with Gasteiger partial charge in [-0.3, -0.25) is 4.79 Å². The summed E-state index contributed by atoms with van der Waals surface area (Å²) >= 11 is 0. The molecule has 2 aliphatic heterocycles.